The third kappa shape index (κ3) is 5.39. The molecule has 0 bridgehead atoms. The van der Waals surface area contributed by atoms with Gasteiger partial charge in [0.15, 0.2) is 0 Å². The highest BCUT2D eigenvalue weighted by Crippen LogP contribution is 2.45. The molecule has 2 heterocycles. The van der Waals surface area contributed by atoms with E-state index in [0.717, 1.165) is 22.9 Å². The van der Waals surface area contributed by atoms with Crippen molar-refractivity contribution >= 4 is 40.3 Å². The first-order valence-electron chi connectivity index (χ1n) is 13.4. The van der Waals surface area contributed by atoms with Crippen molar-refractivity contribution in [1.29, 1.82) is 0 Å². The monoisotopic (exact) mass is 578 g/mol. The fourth-order valence-electron chi connectivity index (χ4n) is 4.91. The zero-order valence-electron chi connectivity index (χ0n) is 22.7. The number of ether oxygens (including phenoxy) is 3. The van der Waals surface area contributed by atoms with Crippen LogP contribution in [0.5, 0.6) is 5.75 Å². The van der Waals surface area contributed by atoms with Gasteiger partial charge >= 0.3 is 11.9 Å². The maximum Gasteiger partial charge on any atom is 0.342 e. The molecular formula is C33H26N2O6S. The van der Waals surface area contributed by atoms with Crippen LogP contribution < -0.4 is 4.74 Å². The Kier molecular flexibility index (Phi) is 7.52. The maximum absolute atomic E-state index is 13.4. The number of esters is 2. The molecule has 1 N–H and O–H groups in total. The minimum Gasteiger partial charge on any atom is -0.489 e. The van der Waals surface area contributed by atoms with E-state index in [1.54, 1.807) is 73.7 Å². The van der Waals surface area contributed by atoms with Crippen LogP contribution in [0.3, 0.4) is 0 Å². The molecule has 9 heteroatoms. The number of nitrogens with zero attached hydrogens (tertiary/aromatic N) is 2. The quantitative estimate of drug-likeness (QED) is 0.217. The predicted molar refractivity (Wildman–Crippen MR) is 158 cm³/mol. The molecule has 1 aliphatic heterocycles. The molecule has 8 nitrogen and oxygen atoms in total. The number of aliphatic hydroxyl groups is 1. The zero-order chi connectivity index (χ0) is 29.1. The molecule has 6 rings (SSSR count). The maximum atomic E-state index is 13.4. The van der Waals surface area contributed by atoms with Gasteiger partial charge in [-0.05, 0) is 72.1 Å². The Morgan fingerprint density at radius 3 is 2.38 bits per heavy atom. The van der Waals surface area contributed by atoms with E-state index in [9.17, 15) is 14.7 Å². The first kappa shape index (κ1) is 27.3. The summed E-state index contributed by atoms with van der Waals surface area (Å²) in [6.45, 7) is 2.42. The van der Waals surface area contributed by atoms with E-state index in [1.807, 2.05) is 30.3 Å². The summed E-state index contributed by atoms with van der Waals surface area (Å²) in [5.74, 6) is -2.49. The predicted octanol–water partition coefficient (Wildman–Crippen LogP) is 5.85. The van der Waals surface area contributed by atoms with E-state index in [-0.39, 0.29) is 18.6 Å². The van der Waals surface area contributed by atoms with Gasteiger partial charge in [0, 0.05) is 17.6 Å². The summed E-state index contributed by atoms with van der Waals surface area (Å²) in [5.41, 5.74) is 5.15. The largest absolute Gasteiger partial charge is 0.489 e. The molecule has 1 aliphatic rings. The van der Waals surface area contributed by atoms with Crippen molar-refractivity contribution < 1.29 is 28.9 Å². The molecular weight excluding hydrogens is 552 g/mol. The fraction of sp³-hybridized carbons (Fsp3) is 0.152. The molecule has 0 fully saturated rings. The normalized spacial score (nSPS) is 16.5. The molecule has 210 valence electrons. The lowest BCUT2D eigenvalue weighted by Gasteiger charge is -2.26. The van der Waals surface area contributed by atoms with Crippen molar-refractivity contribution in [2.45, 2.75) is 25.7 Å². The number of hydrogen-bond acceptors (Lipinski definition) is 9. The highest BCUT2D eigenvalue weighted by molar-refractivity contribution is 7.00. The zero-order valence-corrected chi connectivity index (χ0v) is 23.5. The van der Waals surface area contributed by atoms with E-state index >= 15 is 0 Å². The van der Waals surface area contributed by atoms with Crippen molar-refractivity contribution in [3.63, 3.8) is 0 Å². The van der Waals surface area contributed by atoms with Crippen molar-refractivity contribution in [3.8, 4) is 5.75 Å². The molecule has 0 saturated carbocycles. The first-order valence-corrected chi connectivity index (χ1v) is 14.1. The molecule has 42 heavy (non-hydrogen) atoms. The minimum atomic E-state index is -2.03. The van der Waals surface area contributed by atoms with Crippen LogP contribution in [-0.2, 0) is 33.1 Å². The molecule has 0 spiro atoms. The molecule has 4 aromatic carbocycles. The topological polar surface area (TPSA) is 108 Å². The van der Waals surface area contributed by atoms with E-state index < -0.39 is 17.7 Å². The van der Waals surface area contributed by atoms with Crippen molar-refractivity contribution in [2.24, 2.45) is 0 Å². The Labute approximate surface area is 246 Å². The van der Waals surface area contributed by atoms with Gasteiger partial charge in [-0.3, -0.25) is 0 Å². The second kappa shape index (κ2) is 11.6. The van der Waals surface area contributed by atoms with Crippen molar-refractivity contribution in [3.05, 3.63) is 130 Å². The molecule has 1 atom stereocenters. The number of carbonyl (C=O) groups excluding carboxylic acids is 2. The van der Waals surface area contributed by atoms with Crippen LogP contribution in [-0.4, -0.2) is 32.4 Å². The lowest BCUT2D eigenvalue weighted by molar-refractivity contribution is -0.185. The smallest absolute Gasteiger partial charge is 0.342 e. The van der Waals surface area contributed by atoms with Gasteiger partial charge in [-0.2, -0.15) is 8.75 Å². The number of cyclic esters (lactones) is 1. The average molecular weight is 579 g/mol. The Morgan fingerprint density at radius 2 is 1.64 bits per heavy atom. The van der Waals surface area contributed by atoms with Gasteiger partial charge in [0.05, 0.1) is 29.5 Å². The van der Waals surface area contributed by atoms with E-state index in [2.05, 4.69) is 8.75 Å². The Balaban J connectivity index is 1.36. The number of hydrogen-bond donors (Lipinski definition) is 1. The lowest BCUT2D eigenvalue weighted by Crippen LogP contribution is -2.29. The number of aromatic nitrogens is 2. The second-order valence-electron chi connectivity index (χ2n) is 9.75. The molecule has 0 radical (unpaired) electrons. The van der Waals surface area contributed by atoms with Crippen LogP contribution in [0.2, 0.25) is 0 Å². The third-order valence-corrected chi connectivity index (χ3v) is 7.59. The van der Waals surface area contributed by atoms with E-state index in [4.69, 9.17) is 14.2 Å². The number of benzene rings is 4. The summed E-state index contributed by atoms with van der Waals surface area (Å²) in [5, 5.41) is 12.0. The lowest BCUT2D eigenvalue weighted by atomic mass is 9.88. The Hall–Kier alpha value is -4.86. The van der Waals surface area contributed by atoms with Gasteiger partial charge in [0.25, 0.3) is 5.79 Å². The van der Waals surface area contributed by atoms with Crippen LogP contribution in [0.1, 0.15) is 39.5 Å². The van der Waals surface area contributed by atoms with Gasteiger partial charge in [-0.25, -0.2) is 9.59 Å². The second-order valence-corrected chi connectivity index (χ2v) is 10.3. The van der Waals surface area contributed by atoms with Gasteiger partial charge in [-0.15, -0.1) is 0 Å². The highest BCUT2D eigenvalue weighted by atomic mass is 32.1. The molecule has 0 amide bonds. The summed E-state index contributed by atoms with van der Waals surface area (Å²) in [7, 11) is 0. The molecule has 1 unspecified atom stereocenters. The van der Waals surface area contributed by atoms with Crippen LogP contribution >= 0.6 is 11.7 Å². The van der Waals surface area contributed by atoms with Gasteiger partial charge in [0.1, 0.15) is 23.4 Å². The highest BCUT2D eigenvalue weighted by Gasteiger charge is 2.48. The van der Waals surface area contributed by atoms with Gasteiger partial charge in [0.2, 0.25) is 0 Å². The molecule has 0 saturated heterocycles. The summed E-state index contributed by atoms with van der Waals surface area (Å²) >= 11 is 1.08. The fourth-order valence-corrected chi connectivity index (χ4v) is 5.42. The molecule has 1 aromatic heterocycles. The molecule has 0 aliphatic carbocycles. The Bertz CT molecular complexity index is 1780. The average Bonchev–Trinajstić information content (AvgIpc) is 3.58. The first-order chi connectivity index (χ1) is 20.4. The van der Waals surface area contributed by atoms with E-state index in [1.165, 1.54) is 0 Å². The van der Waals surface area contributed by atoms with E-state index in [0.29, 0.717) is 45.7 Å². The van der Waals surface area contributed by atoms with Gasteiger partial charge in [-0.1, -0.05) is 48.5 Å². The number of carbonyl (C=O) groups is 2. The van der Waals surface area contributed by atoms with Crippen LogP contribution in [0.4, 0.5) is 0 Å². The third-order valence-electron chi connectivity index (χ3n) is 7.04. The summed E-state index contributed by atoms with van der Waals surface area (Å²) < 4.78 is 25.3. The van der Waals surface area contributed by atoms with Crippen LogP contribution in [0.25, 0.3) is 16.6 Å². The van der Waals surface area contributed by atoms with Crippen LogP contribution in [0, 0.1) is 0 Å². The number of fused-ring (bicyclic) bond motifs is 1. The Morgan fingerprint density at radius 1 is 0.905 bits per heavy atom. The minimum absolute atomic E-state index is 0.181. The van der Waals surface area contributed by atoms with Crippen molar-refractivity contribution in [2.75, 3.05) is 6.61 Å². The molecule has 5 aromatic rings. The number of rotatable bonds is 9. The van der Waals surface area contributed by atoms with Crippen molar-refractivity contribution in [1.82, 2.24) is 8.75 Å². The summed E-state index contributed by atoms with van der Waals surface area (Å²) in [4.78, 5) is 25.6. The summed E-state index contributed by atoms with van der Waals surface area (Å²) in [6, 6.07) is 28.9. The standard InChI is InChI=1S/C33H26N2O6S/c1-2-39-31(36)23-10-8-21(9-11-23)18-27-30(24-12-17-28-29(19-24)35-42-34-28)32(37)41-33(27,38)25-13-15-26(16-14-25)40-20-22-6-4-3-5-7-22/h3-17,19,38H,2,18,20H2,1H3. The summed E-state index contributed by atoms with van der Waals surface area (Å²) in [6.07, 6.45) is 0.181. The van der Waals surface area contributed by atoms with Gasteiger partial charge < -0.3 is 19.3 Å². The SMILES string of the molecule is CCOC(=O)c1ccc(CC2=C(c3ccc4nsnc4c3)C(=O)OC2(O)c2ccc(OCc3ccccc3)cc2)cc1. The van der Waals surface area contributed by atoms with Crippen LogP contribution in [0.15, 0.2) is 103 Å².